The van der Waals surface area contributed by atoms with E-state index in [9.17, 15) is 13.2 Å². The van der Waals surface area contributed by atoms with Crippen LogP contribution in [0.2, 0.25) is 0 Å². The fourth-order valence-corrected chi connectivity index (χ4v) is 5.49. The fraction of sp³-hybridized carbons (Fsp3) is 0.333. The van der Waals surface area contributed by atoms with Crippen LogP contribution in [-0.2, 0) is 29.4 Å². The lowest BCUT2D eigenvalue weighted by molar-refractivity contribution is 0.415. The summed E-state index contributed by atoms with van der Waals surface area (Å²) in [5.41, 5.74) is 4.15. The molecule has 1 aliphatic rings. The third-order valence-corrected chi connectivity index (χ3v) is 7.36. The molecule has 0 unspecified atom stereocenters. The number of fused-ring (bicyclic) bond motifs is 1. The smallest absolute Gasteiger partial charge is 0.270 e. The Hall–Kier alpha value is -3.13. The molecule has 0 aliphatic heterocycles. The molecule has 0 saturated heterocycles. The van der Waals surface area contributed by atoms with Crippen LogP contribution in [-0.4, -0.2) is 25.3 Å². The maximum absolute atomic E-state index is 13.2. The summed E-state index contributed by atoms with van der Waals surface area (Å²) in [7, 11) is -2.31. The molecule has 0 fully saturated rings. The van der Waals surface area contributed by atoms with E-state index in [1.54, 1.807) is 43.3 Å². The molecule has 32 heavy (non-hydrogen) atoms. The first-order valence-corrected chi connectivity index (χ1v) is 12.2. The Bertz CT molecular complexity index is 1330. The van der Waals surface area contributed by atoms with Gasteiger partial charge in [0.15, 0.2) is 0 Å². The molecule has 1 N–H and O–H groups in total. The first kappa shape index (κ1) is 22.1. The largest absolute Gasteiger partial charge is 0.497 e. The van der Waals surface area contributed by atoms with Gasteiger partial charge in [0.05, 0.1) is 23.4 Å². The lowest BCUT2D eigenvalue weighted by Gasteiger charge is -2.20. The summed E-state index contributed by atoms with van der Waals surface area (Å²) in [4.78, 5) is 12.9. The average molecular weight is 454 g/mol. The maximum Gasteiger partial charge on any atom is 0.270 e. The summed E-state index contributed by atoms with van der Waals surface area (Å²) in [5.74, 6) is 0.563. The highest BCUT2D eigenvalue weighted by molar-refractivity contribution is 7.92. The number of nitrogens with one attached hydrogen (secondary N) is 1. The minimum atomic E-state index is -3.85. The number of rotatable bonds is 6. The van der Waals surface area contributed by atoms with Crippen LogP contribution in [0.15, 0.2) is 52.2 Å². The lowest BCUT2D eigenvalue weighted by Crippen LogP contribution is -2.30. The van der Waals surface area contributed by atoms with Gasteiger partial charge in [-0.05, 0) is 68.9 Å². The van der Waals surface area contributed by atoms with Crippen LogP contribution in [0.3, 0.4) is 0 Å². The molecule has 8 heteroatoms. The third kappa shape index (κ3) is 4.14. The summed E-state index contributed by atoms with van der Waals surface area (Å²) in [6.45, 7) is 4.11. The second-order valence-corrected chi connectivity index (χ2v) is 9.60. The Kier molecular flexibility index (Phi) is 6.06. The molecule has 0 radical (unpaired) electrons. The van der Waals surface area contributed by atoms with Gasteiger partial charge in [0.25, 0.3) is 15.6 Å². The molecule has 0 amide bonds. The summed E-state index contributed by atoms with van der Waals surface area (Å²) >= 11 is 0. The lowest BCUT2D eigenvalue weighted by atomic mass is 9.89. The zero-order chi connectivity index (χ0) is 22.9. The number of aromatic nitrogens is 2. The minimum Gasteiger partial charge on any atom is -0.497 e. The van der Waals surface area contributed by atoms with E-state index in [4.69, 9.17) is 4.74 Å². The van der Waals surface area contributed by atoms with E-state index in [0.29, 0.717) is 34.8 Å². The van der Waals surface area contributed by atoms with E-state index >= 15 is 0 Å². The first-order chi connectivity index (χ1) is 15.3. The van der Waals surface area contributed by atoms with Gasteiger partial charge < -0.3 is 4.74 Å². The van der Waals surface area contributed by atoms with Crippen LogP contribution >= 0.6 is 0 Å². The van der Waals surface area contributed by atoms with Crippen molar-refractivity contribution in [3.05, 3.63) is 69.5 Å². The SMILES string of the molecule is CCn1nc(-c2ccc(C)c(S(=O)(=O)Nc3cccc(OC)c3)c2)c2c(c1=O)CCCC2. The second kappa shape index (κ2) is 8.78. The number of aryl methyl sites for hydroxylation is 2. The number of sulfonamides is 1. The molecule has 1 aromatic heterocycles. The predicted molar refractivity (Wildman–Crippen MR) is 125 cm³/mol. The Balaban J connectivity index is 1.81. The molecule has 7 nitrogen and oxygen atoms in total. The van der Waals surface area contributed by atoms with Gasteiger partial charge in [-0.2, -0.15) is 5.10 Å². The van der Waals surface area contributed by atoms with Gasteiger partial charge in [0, 0.05) is 23.7 Å². The molecule has 0 bridgehead atoms. The quantitative estimate of drug-likeness (QED) is 0.611. The van der Waals surface area contributed by atoms with E-state index in [0.717, 1.165) is 36.8 Å². The van der Waals surface area contributed by atoms with Gasteiger partial charge in [-0.15, -0.1) is 0 Å². The zero-order valence-corrected chi connectivity index (χ0v) is 19.3. The predicted octanol–water partition coefficient (Wildman–Crippen LogP) is 3.93. The molecule has 0 atom stereocenters. The monoisotopic (exact) mass is 453 g/mol. The van der Waals surface area contributed by atoms with E-state index in [1.165, 1.54) is 11.8 Å². The van der Waals surface area contributed by atoms with Crippen molar-refractivity contribution in [2.75, 3.05) is 11.8 Å². The highest BCUT2D eigenvalue weighted by Gasteiger charge is 2.23. The molecular formula is C24H27N3O4S. The number of hydrogen-bond donors (Lipinski definition) is 1. The number of methoxy groups -OCH3 is 1. The molecule has 168 valence electrons. The van der Waals surface area contributed by atoms with Gasteiger partial charge in [-0.25, -0.2) is 13.1 Å². The number of nitrogens with zero attached hydrogens (tertiary/aromatic N) is 2. The van der Waals surface area contributed by atoms with Crippen LogP contribution in [0.1, 0.15) is 36.5 Å². The van der Waals surface area contributed by atoms with Crippen molar-refractivity contribution in [3.63, 3.8) is 0 Å². The van der Waals surface area contributed by atoms with E-state index < -0.39 is 10.0 Å². The number of hydrogen-bond acceptors (Lipinski definition) is 5. The van der Waals surface area contributed by atoms with Crippen LogP contribution in [0.4, 0.5) is 5.69 Å². The molecule has 0 spiro atoms. The second-order valence-electron chi connectivity index (χ2n) is 7.95. The van der Waals surface area contributed by atoms with Gasteiger partial charge in [0.1, 0.15) is 5.75 Å². The van der Waals surface area contributed by atoms with Gasteiger partial charge in [-0.1, -0.05) is 18.2 Å². The fourth-order valence-electron chi connectivity index (χ4n) is 4.16. The van der Waals surface area contributed by atoms with Crippen LogP contribution in [0, 0.1) is 6.92 Å². The molecule has 1 aliphatic carbocycles. The molecule has 3 aromatic rings. The molecule has 4 rings (SSSR count). The van der Waals surface area contributed by atoms with Crippen LogP contribution in [0.5, 0.6) is 5.75 Å². The van der Waals surface area contributed by atoms with Gasteiger partial charge >= 0.3 is 0 Å². The average Bonchev–Trinajstić information content (AvgIpc) is 2.80. The highest BCUT2D eigenvalue weighted by Crippen LogP contribution is 2.31. The molecule has 2 aromatic carbocycles. The van der Waals surface area contributed by atoms with Crippen molar-refractivity contribution < 1.29 is 13.2 Å². The Morgan fingerprint density at radius 3 is 2.56 bits per heavy atom. The minimum absolute atomic E-state index is 0.0365. The van der Waals surface area contributed by atoms with Crippen molar-refractivity contribution in [1.82, 2.24) is 9.78 Å². The number of benzene rings is 2. The van der Waals surface area contributed by atoms with Crippen LogP contribution < -0.4 is 15.0 Å². The Morgan fingerprint density at radius 1 is 1.09 bits per heavy atom. The topological polar surface area (TPSA) is 90.3 Å². The van der Waals surface area contributed by atoms with E-state index in [1.807, 2.05) is 13.0 Å². The number of anilines is 1. The maximum atomic E-state index is 13.2. The Labute approximate surface area is 188 Å². The summed E-state index contributed by atoms with van der Waals surface area (Å²) in [6.07, 6.45) is 3.48. The normalized spacial score (nSPS) is 13.5. The molecular weight excluding hydrogens is 426 g/mol. The van der Waals surface area contributed by atoms with Crippen molar-refractivity contribution >= 4 is 15.7 Å². The zero-order valence-electron chi connectivity index (χ0n) is 18.5. The van der Waals surface area contributed by atoms with E-state index in [-0.39, 0.29) is 10.5 Å². The van der Waals surface area contributed by atoms with Crippen molar-refractivity contribution in [1.29, 1.82) is 0 Å². The first-order valence-electron chi connectivity index (χ1n) is 10.7. The van der Waals surface area contributed by atoms with Gasteiger partial charge in [-0.3, -0.25) is 9.52 Å². The summed E-state index contributed by atoms with van der Waals surface area (Å²) < 4.78 is 35.8. The molecule has 0 saturated carbocycles. The third-order valence-electron chi connectivity index (χ3n) is 5.84. The highest BCUT2D eigenvalue weighted by atomic mass is 32.2. The van der Waals surface area contributed by atoms with E-state index in [2.05, 4.69) is 9.82 Å². The Morgan fingerprint density at radius 2 is 1.84 bits per heavy atom. The van der Waals surface area contributed by atoms with Crippen molar-refractivity contribution in [2.24, 2.45) is 0 Å². The van der Waals surface area contributed by atoms with Gasteiger partial charge in [0.2, 0.25) is 0 Å². The molecule has 1 heterocycles. The van der Waals surface area contributed by atoms with Crippen molar-refractivity contribution in [3.8, 4) is 17.0 Å². The standard InChI is InChI=1S/C24H27N3O4S/c1-4-27-24(28)21-11-6-5-10-20(21)23(25-27)17-13-12-16(2)22(14-17)32(29,30)26-18-8-7-9-19(15-18)31-3/h7-9,12-15,26H,4-6,10-11H2,1-3H3. The van der Waals surface area contributed by atoms with Crippen molar-refractivity contribution in [2.45, 2.75) is 51.0 Å². The summed E-state index contributed by atoms with van der Waals surface area (Å²) in [5, 5.41) is 4.61. The summed E-state index contributed by atoms with van der Waals surface area (Å²) in [6, 6.07) is 12.1. The number of ether oxygens (including phenoxy) is 1. The van der Waals surface area contributed by atoms with Crippen LogP contribution in [0.25, 0.3) is 11.3 Å².